The van der Waals surface area contributed by atoms with Crippen molar-refractivity contribution >= 4 is 17.5 Å². The number of ether oxygens (including phenoxy) is 2. The number of aryl methyl sites for hydroxylation is 2. The van der Waals surface area contributed by atoms with Gasteiger partial charge in [-0.25, -0.2) is 0 Å². The average molecular weight is 404 g/mol. The van der Waals surface area contributed by atoms with Crippen molar-refractivity contribution in [3.8, 4) is 11.5 Å². The molecule has 0 aliphatic rings. The molecule has 152 valence electrons. The maximum atomic E-state index is 12.8. The average Bonchev–Trinajstić information content (AvgIpc) is 2.65. The lowest BCUT2D eigenvalue weighted by molar-refractivity contribution is -0.128. The molecular formula is C23H30ClNO3. The number of rotatable bonds is 8. The Morgan fingerprint density at radius 1 is 1.04 bits per heavy atom. The molecule has 0 aliphatic carbocycles. The first kappa shape index (κ1) is 22.1. The van der Waals surface area contributed by atoms with E-state index in [1.807, 2.05) is 50.2 Å². The molecule has 0 aromatic heterocycles. The predicted octanol–water partition coefficient (Wildman–Crippen LogP) is 5.64. The van der Waals surface area contributed by atoms with Gasteiger partial charge in [-0.05, 0) is 74.1 Å². The van der Waals surface area contributed by atoms with E-state index in [0.717, 1.165) is 33.9 Å². The van der Waals surface area contributed by atoms with Gasteiger partial charge in [-0.3, -0.25) is 4.79 Å². The maximum absolute atomic E-state index is 12.8. The van der Waals surface area contributed by atoms with E-state index in [1.165, 1.54) is 0 Å². The minimum absolute atomic E-state index is 0.0850. The minimum atomic E-state index is -0.618. The molecule has 0 fully saturated rings. The van der Waals surface area contributed by atoms with Crippen molar-refractivity contribution in [2.45, 2.75) is 53.2 Å². The first-order valence-electron chi connectivity index (χ1n) is 9.59. The molecule has 0 heterocycles. The monoisotopic (exact) mass is 403 g/mol. The van der Waals surface area contributed by atoms with Gasteiger partial charge in [-0.1, -0.05) is 37.6 Å². The Hall–Kier alpha value is -2.20. The van der Waals surface area contributed by atoms with Gasteiger partial charge in [0, 0.05) is 5.02 Å². The van der Waals surface area contributed by atoms with E-state index in [0.29, 0.717) is 11.7 Å². The third-order valence-electron chi connectivity index (χ3n) is 4.63. The van der Waals surface area contributed by atoms with Crippen molar-refractivity contribution in [2.75, 3.05) is 7.11 Å². The van der Waals surface area contributed by atoms with Gasteiger partial charge in [-0.15, -0.1) is 0 Å². The Morgan fingerprint density at radius 3 is 2.11 bits per heavy atom. The number of methoxy groups -OCH3 is 1. The zero-order valence-corrected chi connectivity index (χ0v) is 18.3. The molecule has 0 aliphatic heterocycles. The summed E-state index contributed by atoms with van der Waals surface area (Å²) in [4.78, 5) is 12.8. The SMILES string of the molecule is COc1ccc(C(CC(C)C)NC(=O)C(C)Oc2cc(C)c(Cl)c(C)c2)cc1. The number of nitrogens with one attached hydrogen (secondary N) is 1. The fraction of sp³-hybridized carbons (Fsp3) is 0.435. The molecule has 0 saturated heterocycles. The topological polar surface area (TPSA) is 47.6 Å². The second-order valence-electron chi connectivity index (χ2n) is 7.60. The first-order chi connectivity index (χ1) is 13.2. The van der Waals surface area contributed by atoms with E-state index in [9.17, 15) is 4.79 Å². The fourth-order valence-corrected chi connectivity index (χ4v) is 3.22. The molecule has 0 radical (unpaired) electrons. The standard InChI is InChI=1S/C23H30ClNO3/c1-14(2)11-21(18-7-9-19(27-6)10-8-18)25-23(26)17(5)28-20-12-15(3)22(24)16(4)13-20/h7-10,12-14,17,21H,11H2,1-6H3,(H,25,26). The van der Waals surface area contributed by atoms with E-state index in [2.05, 4.69) is 19.2 Å². The number of benzene rings is 2. The molecule has 2 aromatic rings. The molecule has 4 nitrogen and oxygen atoms in total. The first-order valence-corrected chi connectivity index (χ1v) is 9.96. The molecule has 0 spiro atoms. The van der Waals surface area contributed by atoms with E-state index >= 15 is 0 Å². The molecule has 0 saturated carbocycles. The van der Waals surface area contributed by atoms with Crippen LogP contribution in [0.4, 0.5) is 0 Å². The summed E-state index contributed by atoms with van der Waals surface area (Å²) >= 11 is 6.21. The van der Waals surface area contributed by atoms with Gasteiger partial charge in [0.15, 0.2) is 6.10 Å². The Bertz CT molecular complexity index is 779. The van der Waals surface area contributed by atoms with Crippen LogP contribution < -0.4 is 14.8 Å². The summed E-state index contributed by atoms with van der Waals surface area (Å²) in [5.74, 6) is 1.73. The summed E-state index contributed by atoms with van der Waals surface area (Å²) in [5, 5.41) is 3.86. The van der Waals surface area contributed by atoms with Crippen LogP contribution in [0.5, 0.6) is 11.5 Å². The van der Waals surface area contributed by atoms with Crippen LogP contribution in [0, 0.1) is 19.8 Å². The highest BCUT2D eigenvalue weighted by Crippen LogP contribution is 2.27. The van der Waals surface area contributed by atoms with Gasteiger partial charge >= 0.3 is 0 Å². The quantitative estimate of drug-likeness (QED) is 0.620. The van der Waals surface area contributed by atoms with Crippen LogP contribution in [0.3, 0.4) is 0 Å². The fourth-order valence-electron chi connectivity index (χ4n) is 3.11. The van der Waals surface area contributed by atoms with Crippen LogP contribution in [0.25, 0.3) is 0 Å². The van der Waals surface area contributed by atoms with Gasteiger partial charge in [0.2, 0.25) is 0 Å². The van der Waals surface area contributed by atoms with E-state index in [1.54, 1.807) is 14.0 Å². The van der Waals surface area contributed by atoms with E-state index in [-0.39, 0.29) is 11.9 Å². The van der Waals surface area contributed by atoms with Gasteiger partial charge in [-0.2, -0.15) is 0 Å². The molecule has 5 heteroatoms. The molecule has 2 aromatic carbocycles. The van der Waals surface area contributed by atoms with E-state index < -0.39 is 6.10 Å². The summed E-state index contributed by atoms with van der Waals surface area (Å²) in [6, 6.07) is 11.4. The molecule has 1 amide bonds. The lowest BCUT2D eigenvalue weighted by Gasteiger charge is -2.24. The van der Waals surface area contributed by atoms with Crippen molar-refractivity contribution in [1.29, 1.82) is 0 Å². The lowest BCUT2D eigenvalue weighted by Crippen LogP contribution is -2.39. The molecule has 28 heavy (non-hydrogen) atoms. The number of carbonyl (C=O) groups excluding carboxylic acids is 1. The molecule has 2 atom stereocenters. The summed E-state index contributed by atoms with van der Waals surface area (Å²) in [5.41, 5.74) is 2.91. The largest absolute Gasteiger partial charge is 0.497 e. The normalized spacial score (nSPS) is 13.1. The van der Waals surface area contributed by atoms with E-state index in [4.69, 9.17) is 21.1 Å². The van der Waals surface area contributed by atoms with Crippen LogP contribution in [-0.4, -0.2) is 19.1 Å². The molecule has 2 rings (SSSR count). The Morgan fingerprint density at radius 2 is 1.61 bits per heavy atom. The van der Waals surface area contributed by atoms with Gasteiger partial charge in [0.25, 0.3) is 5.91 Å². The molecular weight excluding hydrogens is 374 g/mol. The molecule has 2 unspecified atom stereocenters. The Labute approximate surface area is 173 Å². The van der Waals surface area contributed by atoms with Crippen molar-refractivity contribution in [3.63, 3.8) is 0 Å². The number of hydrogen-bond acceptors (Lipinski definition) is 3. The third-order valence-corrected chi connectivity index (χ3v) is 5.23. The van der Waals surface area contributed by atoms with Crippen LogP contribution in [0.1, 0.15) is 49.9 Å². The van der Waals surface area contributed by atoms with Crippen LogP contribution in [-0.2, 0) is 4.79 Å². The summed E-state index contributed by atoms with van der Waals surface area (Å²) in [6.45, 7) is 9.89. The zero-order chi connectivity index (χ0) is 20.8. The Balaban J connectivity index is 2.11. The lowest BCUT2D eigenvalue weighted by atomic mass is 9.96. The highest BCUT2D eigenvalue weighted by atomic mass is 35.5. The number of hydrogen-bond donors (Lipinski definition) is 1. The summed E-state index contributed by atoms with van der Waals surface area (Å²) in [7, 11) is 1.64. The highest BCUT2D eigenvalue weighted by molar-refractivity contribution is 6.32. The minimum Gasteiger partial charge on any atom is -0.497 e. The van der Waals surface area contributed by atoms with Crippen molar-refractivity contribution in [1.82, 2.24) is 5.32 Å². The zero-order valence-electron chi connectivity index (χ0n) is 17.5. The van der Waals surface area contributed by atoms with Crippen molar-refractivity contribution in [3.05, 3.63) is 58.1 Å². The van der Waals surface area contributed by atoms with Gasteiger partial charge in [0.1, 0.15) is 11.5 Å². The third kappa shape index (κ3) is 5.90. The van der Waals surface area contributed by atoms with Crippen molar-refractivity contribution < 1.29 is 14.3 Å². The highest BCUT2D eigenvalue weighted by Gasteiger charge is 2.21. The van der Waals surface area contributed by atoms with Gasteiger partial charge in [0.05, 0.1) is 13.2 Å². The van der Waals surface area contributed by atoms with Gasteiger partial charge < -0.3 is 14.8 Å². The predicted molar refractivity (Wildman–Crippen MR) is 114 cm³/mol. The van der Waals surface area contributed by atoms with Crippen LogP contribution in [0.2, 0.25) is 5.02 Å². The maximum Gasteiger partial charge on any atom is 0.261 e. The second kappa shape index (κ2) is 9.83. The Kier molecular flexibility index (Phi) is 7.76. The molecule has 1 N–H and O–H groups in total. The molecule has 0 bridgehead atoms. The summed E-state index contributed by atoms with van der Waals surface area (Å²) < 4.78 is 11.1. The number of halogens is 1. The second-order valence-corrected chi connectivity index (χ2v) is 7.97. The van der Waals surface area contributed by atoms with Crippen LogP contribution in [0.15, 0.2) is 36.4 Å². The van der Waals surface area contributed by atoms with Crippen molar-refractivity contribution in [2.24, 2.45) is 5.92 Å². The number of amides is 1. The smallest absolute Gasteiger partial charge is 0.261 e. The van der Waals surface area contributed by atoms with Crippen LogP contribution >= 0.6 is 11.6 Å². The summed E-state index contributed by atoms with van der Waals surface area (Å²) in [6.07, 6.45) is 0.220. The number of carbonyl (C=O) groups is 1.